The average molecular weight is 405 g/mol. The smallest absolute Gasteiger partial charge is 0.313 e. The summed E-state index contributed by atoms with van der Waals surface area (Å²) in [6.45, 7) is 7.62. The molecule has 29 heavy (non-hydrogen) atoms. The van der Waals surface area contributed by atoms with Crippen molar-refractivity contribution in [3.63, 3.8) is 0 Å². The lowest BCUT2D eigenvalue weighted by Gasteiger charge is -2.28. The third-order valence-corrected chi connectivity index (χ3v) is 4.80. The van der Waals surface area contributed by atoms with Crippen LogP contribution in [0.2, 0.25) is 0 Å². The summed E-state index contributed by atoms with van der Waals surface area (Å²) in [5.74, 6) is -0.544. The zero-order chi connectivity index (χ0) is 21.5. The van der Waals surface area contributed by atoms with Gasteiger partial charge in [-0.2, -0.15) is 0 Å². The average Bonchev–Trinajstić information content (AvgIpc) is 3.09. The van der Waals surface area contributed by atoms with Crippen molar-refractivity contribution in [1.82, 2.24) is 5.32 Å². The maximum Gasteiger partial charge on any atom is 0.313 e. The van der Waals surface area contributed by atoms with E-state index >= 15 is 0 Å². The topological polar surface area (TPSA) is 93.7 Å². The Balaban J connectivity index is 1.95. The van der Waals surface area contributed by atoms with E-state index in [0.717, 1.165) is 12.8 Å². The van der Waals surface area contributed by atoms with Gasteiger partial charge in [0.1, 0.15) is 5.75 Å². The van der Waals surface area contributed by atoms with E-state index < -0.39 is 23.9 Å². The van der Waals surface area contributed by atoms with Crippen molar-refractivity contribution >= 4 is 23.5 Å². The van der Waals surface area contributed by atoms with Crippen molar-refractivity contribution in [2.24, 2.45) is 5.41 Å². The molecule has 1 aromatic carbocycles. The van der Waals surface area contributed by atoms with E-state index in [1.165, 1.54) is 0 Å². The van der Waals surface area contributed by atoms with Crippen LogP contribution in [0.15, 0.2) is 24.3 Å². The van der Waals surface area contributed by atoms with Gasteiger partial charge in [0.05, 0.1) is 17.7 Å². The maximum absolute atomic E-state index is 12.8. The van der Waals surface area contributed by atoms with Crippen LogP contribution >= 0.6 is 0 Å². The van der Waals surface area contributed by atoms with Gasteiger partial charge in [0.25, 0.3) is 5.91 Å². The third-order valence-electron chi connectivity index (χ3n) is 4.80. The minimum Gasteiger partial charge on any atom is -0.492 e. The molecule has 0 unspecified atom stereocenters. The second kappa shape index (κ2) is 9.76. The molecule has 160 valence electrons. The number of anilines is 1. The molecular weight excluding hydrogens is 372 g/mol. The molecule has 1 saturated carbocycles. The number of carbonyl (C=O) groups is 3. The zero-order valence-corrected chi connectivity index (χ0v) is 17.8. The Hall–Kier alpha value is -2.57. The molecule has 1 aromatic rings. The van der Waals surface area contributed by atoms with Crippen LogP contribution in [0.3, 0.4) is 0 Å². The molecule has 0 radical (unpaired) electrons. The van der Waals surface area contributed by atoms with Crippen molar-refractivity contribution in [3.05, 3.63) is 24.3 Å². The van der Waals surface area contributed by atoms with E-state index in [4.69, 9.17) is 9.47 Å². The Kier molecular flexibility index (Phi) is 7.65. The van der Waals surface area contributed by atoms with Gasteiger partial charge < -0.3 is 20.1 Å². The number of esters is 1. The third kappa shape index (κ3) is 6.76. The van der Waals surface area contributed by atoms with Crippen LogP contribution in [-0.4, -0.2) is 36.5 Å². The first-order valence-electron chi connectivity index (χ1n) is 10.2. The standard InChI is InChI=1S/C22H32N2O5/c1-5-28-17-11-7-6-10-16(17)23-19(26)15-29-20(27)22(12-8-9-13-22)14-18(25)24-21(2,3)4/h6-7,10-11H,5,8-9,12-15H2,1-4H3,(H,23,26)(H,24,25). The van der Waals surface area contributed by atoms with Crippen molar-refractivity contribution in [1.29, 1.82) is 0 Å². The van der Waals surface area contributed by atoms with E-state index in [9.17, 15) is 14.4 Å². The number of nitrogens with one attached hydrogen (secondary N) is 2. The molecule has 7 nitrogen and oxygen atoms in total. The first-order chi connectivity index (χ1) is 13.6. The molecule has 0 bridgehead atoms. The van der Waals surface area contributed by atoms with E-state index in [2.05, 4.69) is 10.6 Å². The van der Waals surface area contributed by atoms with Gasteiger partial charge in [0.15, 0.2) is 6.61 Å². The summed E-state index contributed by atoms with van der Waals surface area (Å²) in [4.78, 5) is 37.5. The Morgan fingerprint density at radius 1 is 1.07 bits per heavy atom. The van der Waals surface area contributed by atoms with Gasteiger partial charge in [-0.15, -0.1) is 0 Å². The predicted molar refractivity (Wildman–Crippen MR) is 111 cm³/mol. The van der Waals surface area contributed by atoms with E-state index in [-0.39, 0.29) is 17.9 Å². The van der Waals surface area contributed by atoms with Gasteiger partial charge >= 0.3 is 5.97 Å². The van der Waals surface area contributed by atoms with Crippen LogP contribution in [0.1, 0.15) is 59.8 Å². The number of hydrogen-bond acceptors (Lipinski definition) is 5. The lowest BCUT2D eigenvalue weighted by molar-refractivity contribution is -0.160. The normalized spacial score (nSPS) is 15.4. The highest BCUT2D eigenvalue weighted by Gasteiger charge is 2.44. The summed E-state index contributed by atoms with van der Waals surface area (Å²) in [5, 5.41) is 5.61. The molecule has 2 N–H and O–H groups in total. The van der Waals surface area contributed by atoms with Crippen LogP contribution in [0.4, 0.5) is 5.69 Å². The van der Waals surface area contributed by atoms with Crippen molar-refractivity contribution < 1.29 is 23.9 Å². The molecule has 0 heterocycles. The summed E-state index contributed by atoms with van der Waals surface area (Å²) in [5.41, 5.74) is -0.691. The first-order valence-corrected chi connectivity index (χ1v) is 10.2. The molecule has 2 amide bonds. The van der Waals surface area contributed by atoms with E-state index in [1.807, 2.05) is 33.8 Å². The molecule has 0 aliphatic heterocycles. The Bertz CT molecular complexity index is 733. The fourth-order valence-corrected chi connectivity index (χ4v) is 3.60. The van der Waals surface area contributed by atoms with Crippen LogP contribution in [-0.2, 0) is 19.1 Å². The van der Waals surface area contributed by atoms with Crippen molar-refractivity contribution in [2.45, 2.75) is 65.3 Å². The van der Waals surface area contributed by atoms with Crippen LogP contribution in [0.25, 0.3) is 0 Å². The number of amides is 2. The molecule has 1 aliphatic carbocycles. The van der Waals surface area contributed by atoms with Gasteiger partial charge in [0.2, 0.25) is 5.91 Å². The summed E-state index contributed by atoms with van der Waals surface area (Å²) < 4.78 is 10.8. The molecule has 0 aromatic heterocycles. The van der Waals surface area contributed by atoms with Gasteiger partial charge in [0, 0.05) is 12.0 Å². The number of benzene rings is 1. The Labute approximate surface area is 172 Å². The highest BCUT2D eigenvalue weighted by Crippen LogP contribution is 2.42. The predicted octanol–water partition coefficient (Wildman–Crippen LogP) is 3.43. The highest BCUT2D eigenvalue weighted by atomic mass is 16.5. The molecule has 0 saturated heterocycles. The zero-order valence-electron chi connectivity index (χ0n) is 17.8. The number of rotatable bonds is 8. The molecule has 1 aliphatic rings. The van der Waals surface area contributed by atoms with Crippen molar-refractivity contribution in [3.8, 4) is 5.75 Å². The van der Waals surface area contributed by atoms with Gasteiger partial charge in [-0.05, 0) is 52.7 Å². The summed E-state index contributed by atoms with van der Waals surface area (Å²) in [6, 6.07) is 7.07. The van der Waals surface area contributed by atoms with Crippen LogP contribution in [0.5, 0.6) is 5.75 Å². The number of hydrogen-bond donors (Lipinski definition) is 2. The van der Waals surface area contributed by atoms with Gasteiger partial charge in [-0.3, -0.25) is 14.4 Å². The quantitative estimate of drug-likeness (QED) is 0.648. The fraction of sp³-hybridized carbons (Fsp3) is 0.591. The Morgan fingerprint density at radius 3 is 2.34 bits per heavy atom. The first kappa shape index (κ1) is 22.7. The summed E-state index contributed by atoms with van der Waals surface area (Å²) in [7, 11) is 0. The second-order valence-electron chi connectivity index (χ2n) is 8.52. The van der Waals surface area contributed by atoms with E-state index in [0.29, 0.717) is 30.9 Å². The number of para-hydroxylation sites is 2. The lowest BCUT2D eigenvalue weighted by atomic mass is 9.82. The van der Waals surface area contributed by atoms with Crippen LogP contribution < -0.4 is 15.4 Å². The van der Waals surface area contributed by atoms with Crippen molar-refractivity contribution in [2.75, 3.05) is 18.5 Å². The minimum atomic E-state index is -0.848. The maximum atomic E-state index is 12.8. The fourth-order valence-electron chi connectivity index (χ4n) is 3.60. The lowest BCUT2D eigenvalue weighted by Crippen LogP contribution is -2.44. The van der Waals surface area contributed by atoms with E-state index in [1.54, 1.807) is 18.2 Å². The molecule has 0 atom stereocenters. The summed E-state index contributed by atoms with van der Waals surface area (Å²) in [6.07, 6.45) is 3.01. The SMILES string of the molecule is CCOc1ccccc1NC(=O)COC(=O)C1(CC(=O)NC(C)(C)C)CCCC1. The highest BCUT2D eigenvalue weighted by molar-refractivity contribution is 5.95. The monoisotopic (exact) mass is 404 g/mol. The van der Waals surface area contributed by atoms with Crippen LogP contribution in [0, 0.1) is 5.41 Å². The number of carbonyl (C=O) groups excluding carboxylic acids is 3. The second-order valence-corrected chi connectivity index (χ2v) is 8.52. The Morgan fingerprint density at radius 2 is 1.72 bits per heavy atom. The van der Waals surface area contributed by atoms with Gasteiger partial charge in [-0.25, -0.2) is 0 Å². The summed E-state index contributed by atoms with van der Waals surface area (Å²) >= 11 is 0. The molecule has 7 heteroatoms. The molecule has 1 fully saturated rings. The molecule has 2 rings (SSSR count). The largest absolute Gasteiger partial charge is 0.492 e. The molecular formula is C22H32N2O5. The van der Waals surface area contributed by atoms with Gasteiger partial charge in [-0.1, -0.05) is 25.0 Å². The number of ether oxygens (including phenoxy) is 2. The molecule has 0 spiro atoms. The minimum absolute atomic E-state index is 0.0812.